The monoisotopic (exact) mass is 450 g/mol. The number of imide groups is 1. The molecule has 8 heteroatoms. The third kappa shape index (κ3) is 4.43. The summed E-state index contributed by atoms with van der Waals surface area (Å²) in [5.74, 6) is -0.117. The Morgan fingerprint density at radius 2 is 1.91 bits per heavy atom. The molecule has 1 aliphatic rings. The first-order valence-corrected chi connectivity index (χ1v) is 10.3. The number of hydrogen-bond donors (Lipinski definition) is 1. The molecule has 0 atom stereocenters. The van der Waals surface area contributed by atoms with Gasteiger partial charge in [0.05, 0.1) is 23.7 Å². The van der Waals surface area contributed by atoms with Crippen LogP contribution in [0.25, 0.3) is 17.4 Å². The molecule has 1 N–H and O–H groups in total. The molecule has 1 aromatic heterocycles. The molecule has 0 radical (unpaired) electrons. The van der Waals surface area contributed by atoms with Gasteiger partial charge in [-0.2, -0.15) is 0 Å². The molecule has 0 spiro atoms. The molecule has 0 bridgehead atoms. The second-order valence-electron chi connectivity index (χ2n) is 6.98. The van der Waals surface area contributed by atoms with E-state index in [1.807, 2.05) is 30.3 Å². The van der Waals surface area contributed by atoms with Crippen molar-refractivity contribution in [3.8, 4) is 11.3 Å². The molecule has 4 rings (SSSR count). The maximum Gasteiger partial charge on any atom is 0.339 e. The van der Waals surface area contributed by atoms with Gasteiger partial charge in [0.2, 0.25) is 0 Å². The lowest BCUT2D eigenvalue weighted by atomic mass is 10.1. The van der Waals surface area contributed by atoms with Gasteiger partial charge in [-0.3, -0.25) is 9.69 Å². The number of nitrogens with one attached hydrogen (secondary N) is 1. The van der Waals surface area contributed by atoms with Crippen LogP contribution in [0.2, 0.25) is 5.02 Å². The Morgan fingerprint density at radius 1 is 1.12 bits per heavy atom. The van der Waals surface area contributed by atoms with E-state index in [0.717, 1.165) is 10.5 Å². The standard InChI is InChI=1S/C24H19ClN2O5/c1-2-31-23(29)18-12-16(8-10-19(18)25)21-11-9-17(32-21)13-20-22(28)27(24(30)26-20)14-15-6-4-3-5-7-15/h3-13H,2,14H2,1H3,(H,26,30)/b20-13+. The second kappa shape index (κ2) is 9.11. The molecule has 1 fully saturated rings. The zero-order chi connectivity index (χ0) is 22.7. The first-order chi connectivity index (χ1) is 15.5. The van der Waals surface area contributed by atoms with Gasteiger partial charge in [0, 0.05) is 11.6 Å². The lowest BCUT2D eigenvalue weighted by Gasteiger charge is -2.11. The van der Waals surface area contributed by atoms with Crippen molar-refractivity contribution in [1.82, 2.24) is 10.2 Å². The molecule has 7 nitrogen and oxygen atoms in total. The van der Waals surface area contributed by atoms with Crippen LogP contribution in [-0.4, -0.2) is 29.4 Å². The van der Waals surface area contributed by atoms with Crippen LogP contribution in [-0.2, 0) is 16.1 Å². The van der Waals surface area contributed by atoms with E-state index in [1.54, 1.807) is 37.3 Å². The highest BCUT2D eigenvalue weighted by Gasteiger charge is 2.33. The first-order valence-electron chi connectivity index (χ1n) is 9.91. The summed E-state index contributed by atoms with van der Waals surface area (Å²) in [6.07, 6.45) is 1.47. The summed E-state index contributed by atoms with van der Waals surface area (Å²) in [6, 6.07) is 17.0. The topological polar surface area (TPSA) is 88.9 Å². The predicted molar refractivity (Wildman–Crippen MR) is 119 cm³/mol. The van der Waals surface area contributed by atoms with Gasteiger partial charge in [-0.25, -0.2) is 9.59 Å². The van der Waals surface area contributed by atoms with Gasteiger partial charge < -0.3 is 14.5 Å². The molecule has 2 aromatic carbocycles. The Bertz CT molecular complexity index is 1220. The first kappa shape index (κ1) is 21.4. The zero-order valence-corrected chi connectivity index (χ0v) is 17.9. The number of esters is 1. The maximum absolute atomic E-state index is 12.7. The van der Waals surface area contributed by atoms with Crippen molar-refractivity contribution >= 4 is 35.6 Å². The van der Waals surface area contributed by atoms with E-state index in [0.29, 0.717) is 17.1 Å². The van der Waals surface area contributed by atoms with Gasteiger partial charge in [-0.15, -0.1) is 0 Å². The fourth-order valence-electron chi connectivity index (χ4n) is 3.25. The fraction of sp³-hybridized carbons (Fsp3) is 0.125. The normalized spacial score (nSPS) is 14.7. The van der Waals surface area contributed by atoms with Crippen molar-refractivity contribution < 1.29 is 23.5 Å². The Hall–Kier alpha value is -3.84. The van der Waals surface area contributed by atoms with Crippen molar-refractivity contribution in [3.63, 3.8) is 0 Å². The van der Waals surface area contributed by atoms with Crippen molar-refractivity contribution in [2.75, 3.05) is 6.61 Å². The largest absolute Gasteiger partial charge is 0.462 e. The van der Waals surface area contributed by atoms with E-state index in [9.17, 15) is 14.4 Å². The highest BCUT2D eigenvalue weighted by atomic mass is 35.5. The molecule has 0 aliphatic carbocycles. The van der Waals surface area contributed by atoms with E-state index < -0.39 is 17.9 Å². The lowest BCUT2D eigenvalue weighted by Crippen LogP contribution is -2.30. The zero-order valence-electron chi connectivity index (χ0n) is 17.1. The van der Waals surface area contributed by atoms with E-state index in [4.69, 9.17) is 20.8 Å². The Morgan fingerprint density at radius 3 is 2.66 bits per heavy atom. The Labute approximate surface area is 189 Å². The minimum Gasteiger partial charge on any atom is -0.462 e. The number of benzene rings is 2. The summed E-state index contributed by atoms with van der Waals surface area (Å²) < 4.78 is 10.8. The molecule has 2 heterocycles. The number of ether oxygens (including phenoxy) is 1. The summed E-state index contributed by atoms with van der Waals surface area (Å²) in [5.41, 5.74) is 1.82. The number of halogens is 1. The van der Waals surface area contributed by atoms with Gasteiger partial charge in [-0.05, 0) is 42.8 Å². The average Bonchev–Trinajstić information content (AvgIpc) is 3.35. The van der Waals surface area contributed by atoms with Gasteiger partial charge in [0.15, 0.2) is 0 Å². The van der Waals surface area contributed by atoms with Crippen LogP contribution in [0.5, 0.6) is 0 Å². The van der Waals surface area contributed by atoms with Gasteiger partial charge >= 0.3 is 12.0 Å². The van der Waals surface area contributed by atoms with Crippen LogP contribution in [0, 0.1) is 0 Å². The third-order valence-corrected chi connectivity index (χ3v) is 5.14. The van der Waals surface area contributed by atoms with E-state index in [2.05, 4.69) is 5.32 Å². The third-order valence-electron chi connectivity index (χ3n) is 4.81. The Balaban J connectivity index is 1.54. The number of furan rings is 1. The van der Waals surface area contributed by atoms with Crippen LogP contribution >= 0.6 is 11.6 Å². The van der Waals surface area contributed by atoms with E-state index >= 15 is 0 Å². The molecule has 1 saturated heterocycles. The van der Waals surface area contributed by atoms with Gasteiger partial charge in [0.25, 0.3) is 5.91 Å². The molecule has 3 aromatic rings. The number of urea groups is 1. The van der Waals surface area contributed by atoms with Gasteiger partial charge in [-0.1, -0.05) is 41.9 Å². The van der Waals surface area contributed by atoms with Crippen LogP contribution in [0.1, 0.15) is 28.6 Å². The SMILES string of the molecule is CCOC(=O)c1cc(-c2ccc(/C=C3/NC(=O)N(Cc4ccccc4)C3=O)o2)ccc1Cl. The van der Waals surface area contributed by atoms with E-state index in [1.165, 1.54) is 6.08 Å². The summed E-state index contributed by atoms with van der Waals surface area (Å²) in [5, 5.41) is 2.85. The van der Waals surface area contributed by atoms with Crippen LogP contribution < -0.4 is 5.32 Å². The minimum absolute atomic E-state index is 0.121. The molecule has 3 amide bonds. The average molecular weight is 451 g/mol. The number of hydrogen-bond acceptors (Lipinski definition) is 5. The molecule has 162 valence electrons. The second-order valence-corrected chi connectivity index (χ2v) is 7.39. The molecule has 1 aliphatic heterocycles. The smallest absolute Gasteiger partial charge is 0.339 e. The Kier molecular flexibility index (Phi) is 6.09. The quantitative estimate of drug-likeness (QED) is 0.329. The minimum atomic E-state index is -0.522. The van der Waals surface area contributed by atoms with E-state index in [-0.39, 0.29) is 29.4 Å². The van der Waals surface area contributed by atoms with Gasteiger partial charge in [0.1, 0.15) is 17.2 Å². The van der Waals surface area contributed by atoms with Crippen molar-refractivity contribution in [3.05, 3.63) is 88.3 Å². The molecule has 32 heavy (non-hydrogen) atoms. The molecular weight excluding hydrogens is 432 g/mol. The molecule has 0 saturated carbocycles. The summed E-state index contributed by atoms with van der Waals surface area (Å²) >= 11 is 6.11. The fourth-order valence-corrected chi connectivity index (χ4v) is 3.45. The van der Waals surface area contributed by atoms with Crippen LogP contribution in [0.3, 0.4) is 0 Å². The predicted octanol–water partition coefficient (Wildman–Crippen LogP) is 4.87. The molecular formula is C24H19ClN2O5. The molecule has 0 unspecified atom stereocenters. The maximum atomic E-state index is 12.7. The highest BCUT2D eigenvalue weighted by Crippen LogP contribution is 2.28. The number of amides is 3. The lowest BCUT2D eigenvalue weighted by molar-refractivity contribution is -0.123. The summed E-state index contributed by atoms with van der Waals surface area (Å²) in [4.78, 5) is 38.2. The summed E-state index contributed by atoms with van der Waals surface area (Å²) in [6.45, 7) is 2.12. The number of carbonyl (C=O) groups excluding carboxylic acids is 3. The number of nitrogens with zero attached hydrogens (tertiary/aromatic N) is 1. The van der Waals surface area contributed by atoms with Crippen molar-refractivity contribution in [1.29, 1.82) is 0 Å². The van der Waals surface area contributed by atoms with Crippen LogP contribution in [0.4, 0.5) is 4.79 Å². The summed E-state index contributed by atoms with van der Waals surface area (Å²) in [7, 11) is 0. The highest BCUT2D eigenvalue weighted by molar-refractivity contribution is 6.33. The van der Waals surface area contributed by atoms with Crippen molar-refractivity contribution in [2.24, 2.45) is 0 Å². The number of carbonyl (C=O) groups is 3. The van der Waals surface area contributed by atoms with Crippen LogP contribution in [0.15, 0.2) is 70.8 Å². The number of rotatable bonds is 6. The van der Waals surface area contributed by atoms with Crippen molar-refractivity contribution in [2.45, 2.75) is 13.5 Å².